The van der Waals surface area contributed by atoms with Gasteiger partial charge in [0.15, 0.2) is 0 Å². The van der Waals surface area contributed by atoms with E-state index in [-0.39, 0.29) is 28.9 Å². The molecule has 0 bridgehead atoms. The van der Waals surface area contributed by atoms with Crippen molar-refractivity contribution >= 4 is 58.1 Å². The minimum atomic E-state index is -4.59. The van der Waals surface area contributed by atoms with E-state index in [1.165, 1.54) is 0 Å². The number of aryl methyl sites for hydroxylation is 4. The average Bonchev–Trinajstić information content (AvgIpc) is 3.54. The number of amides is 5. The summed E-state index contributed by atoms with van der Waals surface area (Å²) < 4.78 is 41.6. The van der Waals surface area contributed by atoms with Gasteiger partial charge in [0, 0.05) is 105 Å². The number of fused-ring (bicyclic) bond motifs is 2. The molecule has 0 atom stereocenters. The molecule has 0 radical (unpaired) electrons. The van der Waals surface area contributed by atoms with Crippen LogP contribution in [0.1, 0.15) is 62.2 Å². The van der Waals surface area contributed by atoms with Crippen molar-refractivity contribution in [2.75, 3.05) is 77.7 Å². The van der Waals surface area contributed by atoms with Crippen molar-refractivity contribution in [3.05, 3.63) is 106 Å². The lowest BCUT2D eigenvalue weighted by Crippen LogP contribution is -2.49. The van der Waals surface area contributed by atoms with Crippen molar-refractivity contribution in [2.45, 2.75) is 52.3 Å². The zero-order valence-corrected chi connectivity index (χ0v) is 36.2. The molecule has 2 aromatic heterocycles. The average molecular weight is 890 g/mol. The van der Waals surface area contributed by atoms with E-state index in [1.54, 1.807) is 35.6 Å². The zero-order chi connectivity index (χ0) is 45.6. The maximum Gasteiger partial charge on any atom is 0.416 e. The van der Waals surface area contributed by atoms with E-state index < -0.39 is 23.6 Å². The van der Waals surface area contributed by atoms with Gasteiger partial charge in [-0.1, -0.05) is 0 Å². The molecule has 5 N–H and O–H groups in total. The molecule has 6 heterocycles. The van der Waals surface area contributed by atoms with Crippen molar-refractivity contribution < 1.29 is 32.3 Å². The molecule has 3 saturated heterocycles. The highest BCUT2D eigenvalue weighted by Crippen LogP contribution is 2.38. The minimum Gasteiger partial charge on any atom is -0.372 e. The predicted molar refractivity (Wildman–Crippen MR) is 242 cm³/mol. The van der Waals surface area contributed by atoms with Crippen molar-refractivity contribution in [2.24, 2.45) is 11.7 Å². The molecule has 4 aliphatic rings. The Labute approximate surface area is 373 Å². The summed E-state index contributed by atoms with van der Waals surface area (Å²) >= 11 is 0. The van der Waals surface area contributed by atoms with Gasteiger partial charge < -0.3 is 26.2 Å². The van der Waals surface area contributed by atoms with E-state index in [0.29, 0.717) is 60.1 Å². The molecule has 0 saturated carbocycles. The van der Waals surface area contributed by atoms with Gasteiger partial charge >= 0.3 is 12.2 Å². The largest absolute Gasteiger partial charge is 0.416 e. The summed E-state index contributed by atoms with van der Waals surface area (Å²) in [5, 5.41) is 13.2. The molecular formula is C47H50F3N11O4. The molecule has 3 fully saturated rings. The molecule has 338 valence electrons. The van der Waals surface area contributed by atoms with Crippen LogP contribution in [0.5, 0.6) is 0 Å². The molecule has 5 aromatic rings. The summed E-state index contributed by atoms with van der Waals surface area (Å²) in [6, 6.07) is 19.1. The molecule has 3 aromatic carbocycles. The first-order chi connectivity index (χ1) is 31.2. The van der Waals surface area contributed by atoms with Crippen molar-refractivity contribution in [3.63, 3.8) is 0 Å². The number of piperidine rings is 1. The van der Waals surface area contributed by atoms with E-state index in [9.17, 15) is 32.3 Å². The van der Waals surface area contributed by atoms with E-state index in [4.69, 9.17) is 10.8 Å². The number of anilines is 6. The number of rotatable bonds is 9. The first kappa shape index (κ1) is 43.3. The van der Waals surface area contributed by atoms with Gasteiger partial charge in [0.2, 0.25) is 5.91 Å². The molecule has 0 spiro atoms. The summed E-state index contributed by atoms with van der Waals surface area (Å²) in [4.78, 5) is 63.1. The smallest absolute Gasteiger partial charge is 0.372 e. The number of aromatic nitrogens is 3. The third-order valence-electron chi connectivity index (χ3n) is 12.9. The number of hydrogen-bond donors (Lipinski definition) is 4. The number of primary amides is 1. The second-order valence-electron chi connectivity index (χ2n) is 17.2. The SMILES string of the molecule is Cc1cc(-c2nn3c(c2C(N)=O)Nc2ccc(N4CCN(CC5CCN(c6ccc(N7CCC(=O)NC7=O)cc6)CC5)CC4)cc2CC3)cc(C)c1C(=O)Nc1cc(C(F)(F)F)ccn1. The van der Waals surface area contributed by atoms with Gasteiger partial charge in [-0.3, -0.25) is 29.5 Å². The molecule has 18 heteroatoms. The van der Waals surface area contributed by atoms with Crippen LogP contribution in [0.4, 0.5) is 52.4 Å². The molecule has 9 rings (SSSR count). The number of pyridine rings is 1. The molecule has 0 aliphatic carbocycles. The fraction of sp³-hybridized carbons (Fsp3) is 0.362. The van der Waals surface area contributed by atoms with E-state index in [0.717, 1.165) is 105 Å². The van der Waals surface area contributed by atoms with Crippen molar-refractivity contribution in [3.8, 4) is 11.3 Å². The van der Waals surface area contributed by atoms with E-state index >= 15 is 0 Å². The summed E-state index contributed by atoms with van der Waals surface area (Å²) in [5.41, 5.74) is 12.6. The Morgan fingerprint density at radius 1 is 0.785 bits per heavy atom. The fourth-order valence-electron chi connectivity index (χ4n) is 9.54. The number of halogens is 3. The van der Waals surface area contributed by atoms with Gasteiger partial charge in [0.25, 0.3) is 11.8 Å². The Morgan fingerprint density at radius 2 is 1.46 bits per heavy atom. The van der Waals surface area contributed by atoms with Gasteiger partial charge in [-0.25, -0.2) is 14.5 Å². The van der Waals surface area contributed by atoms with Crippen molar-refractivity contribution in [1.29, 1.82) is 0 Å². The van der Waals surface area contributed by atoms with Gasteiger partial charge in [-0.2, -0.15) is 18.3 Å². The highest BCUT2D eigenvalue weighted by molar-refractivity contribution is 6.08. The summed E-state index contributed by atoms with van der Waals surface area (Å²) in [7, 11) is 0. The van der Waals surface area contributed by atoms with Crippen LogP contribution in [0.2, 0.25) is 0 Å². The lowest BCUT2D eigenvalue weighted by atomic mass is 9.95. The highest BCUT2D eigenvalue weighted by Gasteiger charge is 2.32. The summed E-state index contributed by atoms with van der Waals surface area (Å²) in [6.07, 6.45) is -0.405. The minimum absolute atomic E-state index is 0.215. The zero-order valence-electron chi connectivity index (χ0n) is 36.2. The molecule has 5 amide bonds. The number of alkyl halides is 3. The number of imide groups is 1. The highest BCUT2D eigenvalue weighted by atomic mass is 19.4. The van der Waals surface area contributed by atoms with Crippen LogP contribution in [-0.4, -0.2) is 95.8 Å². The molecule has 15 nitrogen and oxygen atoms in total. The number of carbonyl (C=O) groups is 4. The van der Waals surface area contributed by atoms with Crippen LogP contribution in [-0.2, 0) is 23.9 Å². The maximum atomic E-state index is 13.3. The van der Waals surface area contributed by atoms with Crippen LogP contribution in [0.15, 0.2) is 72.9 Å². The third-order valence-corrected chi connectivity index (χ3v) is 12.9. The van der Waals surface area contributed by atoms with Crippen LogP contribution < -0.4 is 36.4 Å². The number of hydrogen-bond acceptors (Lipinski definition) is 10. The normalized spacial score (nSPS) is 17.2. The van der Waals surface area contributed by atoms with Crippen LogP contribution in [0.25, 0.3) is 11.3 Å². The first-order valence-electron chi connectivity index (χ1n) is 21.9. The number of nitrogens with two attached hydrogens (primary N) is 1. The lowest BCUT2D eigenvalue weighted by molar-refractivity contribution is -0.137. The fourth-order valence-corrected chi connectivity index (χ4v) is 9.54. The Balaban J connectivity index is 0.803. The van der Waals surface area contributed by atoms with Crippen LogP contribution in [0, 0.1) is 19.8 Å². The Morgan fingerprint density at radius 3 is 2.14 bits per heavy atom. The third kappa shape index (κ3) is 9.07. The molecule has 4 aliphatic heterocycles. The number of benzene rings is 3. The summed E-state index contributed by atoms with van der Waals surface area (Å²) in [6.45, 7) is 11.1. The molecule has 0 unspecified atom stereocenters. The van der Waals surface area contributed by atoms with Gasteiger partial charge in [-0.15, -0.1) is 0 Å². The second kappa shape index (κ2) is 17.6. The number of nitrogens with one attached hydrogen (secondary N) is 3. The standard InChI is InChI=1S/C47H50F3N11O4/c1-28-23-32(24-29(2)40(28)45(64)54-38-26-33(9-14-52-38)47(48,49)50)42-41(43(51)63)44-53-37-8-7-36(25-31(37)12-18-61(44)56-42)59-21-19-57(20-22-59)27-30-10-15-58(16-11-30)34-3-5-35(6-4-34)60-17-13-39(62)55-46(60)65/h3-9,14,23-26,30,53H,10-13,15-22,27H2,1-2H3,(H2,51,63)(H,52,54,64)(H,55,62,65). The molecular weight excluding hydrogens is 840 g/mol. The predicted octanol–water partition coefficient (Wildman–Crippen LogP) is 6.72. The first-order valence-corrected chi connectivity index (χ1v) is 21.9. The summed E-state index contributed by atoms with van der Waals surface area (Å²) in [5.74, 6) is -0.639. The number of piperazine rings is 1. The van der Waals surface area contributed by atoms with Gasteiger partial charge in [0.1, 0.15) is 22.9 Å². The number of carbonyl (C=O) groups excluding carboxylic acids is 4. The van der Waals surface area contributed by atoms with Gasteiger partial charge in [0.05, 0.1) is 5.56 Å². The van der Waals surface area contributed by atoms with E-state index in [2.05, 4.69) is 59.9 Å². The van der Waals surface area contributed by atoms with Gasteiger partial charge in [-0.05, 0) is 122 Å². The van der Waals surface area contributed by atoms with Crippen molar-refractivity contribution in [1.82, 2.24) is 25.0 Å². The number of nitrogens with zero attached hydrogens (tertiary/aromatic N) is 7. The topological polar surface area (TPSA) is 174 Å². The Kier molecular flexibility index (Phi) is 11.7. The van der Waals surface area contributed by atoms with Crippen LogP contribution >= 0.6 is 0 Å². The molecule has 65 heavy (non-hydrogen) atoms. The monoisotopic (exact) mass is 889 g/mol. The van der Waals surface area contributed by atoms with E-state index in [1.807, 2.05) is 18.2 Å². The quantitative estimate of drug-likeness (QED) is 0.125. The Bertz CT molecular complexity index is 2650. The second-order valence-corrected chi connectivity index (χ2v) is 17.2. The number of urea groups is 1. The maximum absolute atomic E-state index is 13.3. The Hall–Kier alpha value is -6.95. The lowest BCUT2D eigenvalue weighted by Gasteiger charge is -2.40. The van der Waals surface area contributed by atoms with Crippen LogP contribution in [0.3, 0.4) is 0 Å².